The normalized spacial score (nSPS) is 11.7. The number of nitrogens with one attached hydrogen (secondary N) is 2. The zero-order valence-corrected chi connectivity index (χ0v) is 12.7. The first kappa shape index (κ1) is 15.2. The second-order valence-corrected chi connectivity index (χ2v) is 5.56. The standard InChI is InChI=1S/C15H17N3O2S/c1-3-10(2)13(19)17-12-6-4-11(5-7-12)14(20)18-15-16-8-9-21-15/h4-10H,3H2,1-2H3,(H,17,19)(H,16,18,20)/t10-/m0/s1. The molecule has 0 saturated heterocycles. The highest BCUT2D eigenvalue weighted by molar-refractivity contribution is 7.13. The van der Waals surface area contributed by atoms with Crippen LogP contribution in [0.25, 0.3) is 0 Å². The van der Waals surface area contributed by atoms with E-state index in [1.54, 1.807) is 35.8 Å². The Balaban J connectivity index is 1.98. The van der Waals surface area contributed by atoms with Gasteiger partial charge in [0.2, 0.25) is 5.91 Å². The molecule has 110 valence electrons. The Morgan fingerprint density at radius 1 is 1.24 bits per heavy atom. The number of carbonyl (C=O) groups is 2. The molecule has 0 radical (unpaired) electrons. The summed E-state index contributed by atoms with van der Waals surface area (Å²) in [6.45, 7) is 3.85. The lowest BCUT2D eigenvalue weighted by molar-refractivity contribution is -0.119. The van der Waals surface area contributed by atoms with E-state index >= 15 is 0 Å². The Kier molecular flexibility index (Phi) is 5.05. The van der Waals surface area contributed by atoms with Gasteiger partial charge < -0.3 is 5.32 Å². The summed E-state index contributed by atoms with van der Waals surface area (Å²) in [5.74, 6) is -0.264. The van der Waals surface area contributed by atoms with Gasteiger partial charge in [0.25, 0.3) is 5.91 Å². The molecule has 0 saturated carbocycles. The third-order valence-electron chi connectivity index (χ3n) is 3.13. The molecular weight excluding hydrogens is 286 g/mol. The molecule has 1 atom stereocenters. The van der Waals surface area contributed by atoms with Gasteiger partial charge in [-0.15, -0.1) is 11.3 Å². The maximum atomic E-state index is 12.0. The van der Waals surface area contributed by atoms with Crippen molar-refractivity contribution in [1.82, 2.24) is 4.98 Å². The van der Waals surface area contributed by atoms with Crippen molar-refractivity contribution < 1.29 is 9.59 Å². The fourth-order valence-electron chi connectivity index (χ4n) is 1.61. The summed E-state index contributed by atoms with van der Waals surface area (Å²) in [7, 11) is 0. The first-order valence-corrected chi connectivity index (χ1v) is 7.60. The molecule has 21 heavy (non-hydrogen) atoms. The van der Waals surface area contributed by atoms with Crippen LogP contribution in [0.3, 0.4) is 0 Å². The number of nitrogens with zero attached hydrogens (tertiary/aromatic N) is 1. The van der Waals surface area contributed by atoms with Crippen molar-refractivity contribution in [1.29, 1.82) is 0 Å². The second-order valence-electron chi connectivity index (χ2n) is 4.67. The molecule has 2 amide bonds. The highest BCUT2D eigenvalue weighted by atomic mass is 32.1. The lowest BCUT2D eigenvalue weighted by Crippen LogP contribution is -2.19. The average Bonchev–Trinajstić information content (AvgIpc) is 2.99. The van der Waals surface area contributed by atoms with Gasteiger partial charge in [0.15, 0.2) is 5.13 Å². The molecule has 1 aromatic carbocycles. The van der Waals surface area contributed by atoms with Crippen LogP contribution in [-0.2, 0) is 4.79 Å². The monoisotopic (exact) mass is 303 g/mol. The van der Waals surface area contributed by atoms with Gasteiger partial charge in [0, 0.05) is 28.7 Å². The molecule has 2 N–H and O–H groups in total. The van der Waals surface area contributed by atoms with E-state index in [1.807, 2.05) is 13.8 Å². The summed E-state index contributed by atoms with van der Waals surface area (Å²) < 4.78 is 0. The molecule has 5 nitrogen and oxygen atoms in total. The van der Waals surface area contributed by atoms with Crippen LogP contribution >= 0.6 is 11.3 Å². The minimum atomic E-state index is -0.218. The van der Waals surface area contributed by atoms with E-state index in [1.165, 1.54) is 11.3 Å². The molecular formula is C15H17N3O2S. The fraction of sp³-hybridized carbons (Fsp3) is 0.267. The second kappa shape index (κ2) is 6.99. The summed E-state index contributed by atoms with van der Waals surface area (Å²) in [6, 6.07) is 6.79. The quantitative estimate of drug-likeness (QED) is 0.889. The fourth-order valence-corrected chi connectivity index (χ4v) is 2.13. The Labute approximate surface area is 127 Å². The van der Waals surface area contributed by atoms with Gasteiger partial charge in [-0.2, -0.15) is 0 Å². The summed E-state index contributed by atoms with van der Waals surface area (Å²) in [6.07, 6.45) is 2.42. The third-order valence-corrected chi connectivity index (χ3v) is 3.82. The van der Waals surface area contributed by atoms with Crippen LogP contribution in [0.15, 0.2) is 35.8 Å². The van der Waals surface area contributed by atoms with Gasteiger partial charge in [-0.3, -0.25) is 14.9 Å². The molecule has 1 heterocycles. The smallest absolute Gasteiger partial charge is 0.257 e. The van der Waals surface area contributed by atoms with E-state index in [0.717, 1.165) is 6.42 Å². The van der Waals surface area contributed by atoms with Crippen LogP contribution in [0.4, 0.5) is 10.8 Å². The molecule has 0 spiro atoms. The van der Waals surface area contributed by atoms with Gasteiger partial charge in [-0.05, 0) is 30.7 Å². The van der Waals surface area contributed by atoms with Gasteiger partial charge in [-0.1, -0.05) is 13.8 Å². The number of amides is 2. The predicted octanol–water partition coefficient (Wildman–Crippen LogP) is 3.38. The zero-order valence-electron chi connectivity index (χ0n) is 11.9. The minimum Gasteiger partial charge on any atom is -0.326 e. The van der Waals surface area contributed by atoms with E-state index in [9.17, 15) is 9.59 Å². The topological polar surface area (TPSA) is 71.1 Å². The van der Waals surface area contributed by atoms with Gasteiger partial charge in [0.05, 0.1) is 0 Å². The van der Waals surface area contributed by atoms with Crippen molar-refractivity contribution in [2.75, 3.05) is 10.6 Å². The summed E-state index contributed by atoms with van der Waals surface area (Å²) in [4.78, 5) is 27.7. The number of rotatable bonds is 5. The number of thiazole rings is 1. The Morgan fingerprint density at radius 2 is 1.95 bits per heavy atom. The molecule has 0 bridgehead atoms. The number of hydrogen-bond acceptors (Lipinski definition) is 4. The van der Waals surface area contributed by atoms with Crippen molar-refractivity contribution in [3.63, 3.8) is 0 Å². The van der Waals surface area contributed by atoms with E-state index in [0.29, 0.717) is 16.4 Å². The van der Waals surface area contributed by atoms with Crippen molar-refractivity contribution in [2.45, 2.75) is 20.3 Å². The maximum absolute atomic E-state index is 12.0. The predicted molar refractivity (Wildman–Crippen MR) is 84.6 cm³/mol. The van der Waals surface area contributed by atoms with Crippen LogP contribution in [0.2, 0.25) is 0 Å². The molecule has 0 aliphatic heterocycles. The van der Waals surface area contributed by atoms with Crippen molar-refractivity contribution in [3.05, 3.63) is 41.4 Å². The highest BCUT2D eigenvalue weighted by Crippen LogP contribution is 2.15. The number of aromatic nitrogens is 1. The number of hydrogen-bond donors (Lipinski definition) is 2. The summed E-state index contributed by atoms with van der Waals surface area (Å²) >= 11 is 1.36. The largest absolute Gasteiger partial charge is 0.326 e. The maximum Gasteiger partial charge on any atom is 0.257 e. The van der Waals surface area contributed by atoms with Crippen LogP contribution in [0, 0.1) is 5.92 Å². The molecule has 6 heteroatoms. The Bertz CT molecular complexity index is 608. The highest BCUT2D eigenvalue weighted by Gasteiger charge is 2.11. The van der Waals surface area contributed by atoms with Gasteiger partial charge in [0.1, 0.15) is 0 Å². The summed E-state index contributed by atoms with van der Waals surface area (Å²) in [5, 5.41) is 7.89. The first-order chi connectivity index (χ1) is 10.1. The molecule has 2 aromatic rings. The third kappa shape index (κ3) is 4.13. The Hall–Kier alpha value is -2.21. The Morgan fingerprint density at radius 3 is 2.52 bits per heavy atom. The van der Waals surface area contributed by atoms with E-state index in [-0.39, 0.29) is 17.7 Å². The molecule has 0 aliphatic rings. The first-order valence-electron chi connectivity index (χ1n) is 6.72. The minimum absolute atomic E-state index is 0.0162. The molecule has 1 aromatic heterocycles. The van der Waals surface area contributed by atoms with Crippen LogP contribution in [-0.4, -0.2) is 16.8 Å². The molecule has 2 rings (SSSR count). The van der Waals surface area contributed by atoms with Crippen molar-refractivity contribution in [3.8, 4) is 0 Å². The lowest BCUT2D eigenvalue weighted by atomic mass is 10.1. The van der Waals surface area contributed by atoms with Crippen molar-refractivity contribution in [2.24, 2.45) is 5.92 Å². The van der Waals surface area contributed by atoms with E-state index in [4.69, 9.17) is 0 Å². The number of benzene rings is 1. The average molecular weight is 303 g/mol. The number of carbonyl (C=O) groups excluding carboxylic acids is 2. The molecule has 0 fully saturated rings. The molecule has 0 aliphatic carbocycles. The lowest BCUT2D eigenvalue weighted by Gasteiger charge is -2.10. The van der Waals surface area contributed by atoms with Crippen LogP contribution in [0.5, 0.6) is 0 Å². The van der Waals surface area contributed by atoms with Crippen LogP contribution < -0.4 is 10.6 Å². The number of anilines is 2. The van der Waals surface area contributed by atoms with E-state index < -0.39 is 0 Å². The van der Waals surface area contributed by atoms with E-state index in [2.05, 4.69) is 15.6 Å². The van der Waals surface area contributed by atoms with Gasteiger partial charge >= 0.3 is 0 Å². The van der Waals surface area contributed by atoms with Crippen LogP contribution in [0.1, 0.15) is 30.6 Å². The van der Waals surface area contributed by atoms with Crippen molar-refractivity contribution >= 4 is 34.0 Å². The van der Waals surface area contributed by atoms with Gasteiger partial charge in [-0.25, -0.2) is 4.98 Å². The summed E-state index contributed by atoms with van der Waals surface area (Å²) in [5.41, 5.74) is 1.21. The zero-order chi connectivity index (χ0) is 15.2. The molecule has 0 unspecified atom stereocenters. The SMILES string of the molecule is CC[C@H](C)C(=O)Nc1ccc(C(=O)Nc2nccs2)cc1.